The van der Waals surface area contributed by atoms with E-state index in [4.69, 9.17) is 4.74 Å². The van der Waals surface area contributed by atoms with Gasteiger partial charge >= 0.3 is 12.0 Å². The first-order chi connectivity index (χ1) is 10.4. The number of nitrogens with one attached hydrogen (secondary N) is 2. The number of urea groups is 1. The molecule has 2 N–H and O–H groups in total. The highest BCUT2D eigenvalue weighted by Crippen LogP contribution is 2.28. The van der Waals surface area contributed by atoms with Gasteiger partial charge in [0, 0.05) is 5.70 Å². The number of rotatable bonds is 4. The molecule has 22 heavy (non-hydrogen) atoms. The minimum absolute atomic E-state index is 0.223. The molecule has 0 aromatic heterocycles. The van der Waals surface area contributed by atoms with Crippen LogP contribution in [0.4, 0.5) is 9.18 Å². The molecule has 0 spiro atoms. The van der Waals surface area contributed by atoms with E-state index in [0.717, 1.165) is 0 Å². The SMILES string of the molecule is CC[C@@H](C)OC(=O)C1=C(C)NC(=O)N[C@H]1c1ccc(F)cc1. The Morgan fingerprint density at radius 3 is 2.59 bits per heavy atom. The molecule has 118 valence electrons. The predicted octanol–water partition coefficient (Wildman–Crippen LogP) is 2.80. The number of ether oxygens (including phenoxy) is 1. The van der Waals surface area contributed by atoms with Gasteiger partial charge in [-0.05, 0) is 38.0 Å². The lowest BCUT2D eigenvalue weighted by atomic mass is 9.95. The first kappa shape index (κ1) is 16.0. The number of hydrogen-bond donors (Lipinski definition) is 2. The van der Waals surface area contributed by atoms with E-state index in [9.17, 15) is 14.0 Å². The Hall–Kier alpha value is -2.37. The van der Waals surface area contributed by atoms with Gasteiger partial charge in [-0.2, -0.15) is 0 Å². The Balaban J connectivity index is 2.36. The molecule has 5 nitrogen and oxygen atoms in total. The standard InChI is InChI=1S/C16H19FN2O3/c1-4-9(2)22-15(20)13-10(3)18-16(21)19-14(13)11-5-7-12(17)8-6-11/h5-9,14H,4H2,1-3H3,(H2,18,19,21)/t9-,14+/m1/s1. The van der Waals surface area contributed by atoms with Crippen LogP contribution in [-0.4, -0.2) is 18.1 Å². The minimum atomic E-state index is -0.661. The smallest absolute Gasteiger partial charge is 0.338 e. The van der Waals surface area contributed by atoms with Crippen molar-refractivity contribution < 1.29 is 18.7 Å². The zero-order valence-electron chi connectivity index (χ0n) is 12.8. The molecule has 2 atom stereocenters. The molecule has 0 saturated heterocycles. The third-order valence-electron chi connectivity index (χ3n) is 3.58. The lowest BCUT2D eigenvalue weighted by Crippen LogP contribution is -2.45. The monoisotopic (exact) mass is 306 g/mol. The molecular weight excluding hydrogens is 287 g/mol. The molecule has 0 radical (unpaired) electrons. The largest absolute Gasteiger partial charge is 0.459 e. The minimum Gasteiger partial charge on any atom is -0.459 e. The van der Waals surface area contributed by atoms with Gasteiger partial charge in [-0.3, -0.25) is 0 Å². The Labute approximate surface area is 128 Å². The van der Waals surface area contributed by atoms with Crippen molar-refractivity contribution in [3.63, 3.8) is 0 Å². The number of esters is 1. The normalized spacial score (nSPS) is 19.3. The predicted molar refractivity (Wildman–Crippen MR) is 79.4 cm³/mol. The van der Waals surface area contributed by atoms with E-state index >= 15 is 0 Å². The second kappa shape index (κ2) is 6.60. The number of hydrogen-bond acceptors (Lipinski definition) is 3. The zero-order chi connectivity index (χ0) is 16.3. The quantitative estimate of drug-likeness (QED) is 0.841. The van der Waals surface area contributed by atoms with Crippen LogP contribution < -0.4 is 10.6 Å². The van der Waals surface area contributed by atoms with E-state index < -0.39 is 18.0 Å². The summed E-state index contributed by atoms with van der Waals surface area (Å²) < 4.78 is 18.4. The summed E-state index contributed by atoms with van der Waals surface area (Å²) in [4.78, 5) is 24.1. The van der Waals surface area contributed by atoms with E-state index in [1.165, 1.54) is 24.3 Å². The highest BCUT2D eigenvalue weighted by Gasteiger charge is 2.32. The van der Waals surface area contributed by atoms with Crippen molar-refractivity contribution >= 4 is 12.0 Å². The van der Waals surface area contributed by atoms with Gasteiger partial charge < -0.3 is 15.4 Å². The van der Waals surface area contributed by atoms with Gasteiger partial charge in [0.25, 0.3) is 0 Å². The van der Waals surface area contributed by atoms with Crippen molar-refractivity contribution in [3.8, 4) is 0 Å². The second-order valence-corrected chi connectivity index (χ2v) is 5.25. The fourth-order valence-corrected chi connectivity index (χ4v) is 2.20. The Morgan fingerprint density at radius 2 is 2.00 bits per heavy atom. The molecule has 0 saturated carbocycles. The fraction of sp³-hybridized carbons (Fsp3) is 0.375. The zero-order valence-corrected chi connectivity index (χ0v) is 12.8. The van der Waals surface area contributed by atoms with E-state index in [-0.39, 0.29) is 11.9 Å². The van der Waals surface area contributed by atoms with E-state index in [1.54, 1.807) is 13.8 Å². The first-order valence-electron chi connectivity index (χ1n) is 7.17. The van der Waals surface area contributed by atoms with Crippen LogP contribution in [0.15, 0.2) is 35.5 Å². The van der Waals surface area contributed by atoms with E-state index in [1.807, 2.05) is 6.92 Å². The molecule has 1 heterocycles. The third kappa shape index (κ3) is 3.44. The van der Waals surface area contributed by atoms with Gasteiger partial charge in [0.2, 0.25) is 0 Å². The van der Waals surface area contributed by atoms with Crippen molar-refractivity contribution in [2.45, 2.75) is 39.3 Å². The molecule has 1 aromatic rings. The number of carbonyl (C=O) groups is 2. The first-order valence-corrected chi connectivity index (χ1v) is 7.17. The summed E-state index contributed by atoms with van der Waals surface area (Å²) in [6.07, 6.45) is 0.471. The Kier molecular flexibility index (Phi) is 4.80. The van der Waals surface area contributed by atoms with Gasteiger partial charge in [0.15, 0.2) is 0 Å². The van der Waals surface area contributed by atoms with Crippen molar-refractivity contribution in [3.05, 3.63) is 46.9 Å². The third-order valence-corrected chi connectivity index (χ3v) is 3.58. The number of benzene rings is 1. The van der Waals surface area contributed by atoms with Crippen LogP contribution in [-0.2, 0) is 9.53 Å². The number of carbonyl (C=O) groups excluding carboxylic acids is 2. The van der Waals surface area contributed by atoms with Crippen LogP contribution in [0.25, 0.3) is 0 Å². The molecule has 1 aromatic carbocycles. The summed E-state index contributed by atoms with van der Waals surface area (Å²) in [7, 11) is 0. The van der Waals surface area contributed by atoms with E-state index in [0.29, 0.717) is 23.3 Å². The lowest BCUT2D eigenvalue weighted by Gasteiger charge is -2.28. The topological polar surface area (TPSA) is 67.4 Å². The second-order valence-electron chi connectivity index (χ2n) is 5.25. The van der Waals surface area contributed by atoms with Crippen molar-refractivity contribution in [2.75, 3.05) is 0 Å². The van der Waals surface area contributed by atoms with Gasteiger partial charge in [0.1, 0.15) is 5.82 Å². The molecule has 2 rings (SSSR count). The summed E-state index contributed by atoms with van der Waals surface area (Å²) in [5, 5.41) is 5.24. The molecule has 2 amide bonds. The molecule has 0 bridgehead atoms. The van der Waals surface area contributed by atoms with Gasteiger partial charge in [-0.25, -0.2) is 14.0 Å². The molecule has 1 aliphatic rings. The van der Waals surface area contributed by atoms with Gasteiger partial charge in [-0.1, -0.05) is 19.1 Å². The van der Waals surface area contributed by atoms with Crippen LogP contribution >= 0.6 is 0 Å². The molecule has 0 unspecified atom stereocenters. The maximum absolute atomic E-state index is 13.1. The molecule has 0 aliphatic carbocycles. The Bertz CT molecular complexity index is 610. The maximum atomic E-state index is 13.1. The van der Waals surface area contributed by atoms with Crippen LogP contribution in [0.5, 0.6) is 0 Å². The molecule has 1 aliphatic heterocycles. The van der Waals surface area contributed by atoms with Crippen molar-refractivity contribution in [1.29, 1.82) is 0 Å². The number of allylic oxidation sites excluding steroid dienone is 1. The fourth-order valence-electron chi connectivity index (χ4n) is 2.20. The number of halogens is 1. The van der Waals surface area contributed by atoms with Crippen LogP contribution in [0.3, 0.4) is 0 Å². The summed E-state index contributed by atoms with van der Waals surface area (Å²) in [5.41, 5.74) is 1.38. The Morgan fingerprint density at radius 1 is 1.36 bits per heavy atom. The lowest BCUT2D eigenvalue weighted by molar-refractivity contribution is -0.144. The summed E-state index contributed by atoms with van der Waals surface area (Å²) >= 11 is 0. The average molecular weight is 306 g/mol. The summed E-state index contributed by atoms with van der Waals surface area (Å²) in [6.45, 7) is 5.36. The highest BCUT2D eigenvalue weighted by molar-refractivity contribution is 5.95. The average Bonchev–Trinajstić information content (AvgIpc) is 2.46. The van der Waals surface area contributed by atoms with Gasteiger partial charge in [-0.15, -0.1) is 0 Å². The molecular formula is C16H19FN2O3. The number of amides is 2. The van der Waals surface area contributed by atoms with Crippen molar-refractivity contribution in [2.24, 2.45) is 0 Å². The summed E-state index contributed by atoms with van der Waals surface area (Å²) in [6, 6.07) is 4.58. The van der Waals surface area contributed by atoms with Crippen LogP contribution in [0.1, 0.15) is 38.8 Å². The molecule has 6 heteroatoms. The summed E-state index contributed by atoms with van der Waals surface area (Å²) in [5.74, 6) is -0.873. The van der Waals surface area contributed by atoms with Crippen molar-refractivity contribution in [1.82, 2.24) is 10.6 Å². The van der Waals surface area contributed by atoms with Crippen LogP contribution in [0, 0.1) is 5.82 Å². The maximum Gasteiger partial charge on any atom is 0.338 e. The molecule has 0 fully saturated rings. The highest BCUT2D eigenvalue weighted by atomic mass is 19.1. The van der Waals surface area contributed by atoms with E-state index in [2.05, 4.69) is 10.6 Å². The van der Waals surface area contributed by atoms with Crippen LogP contribution in [0.2, 0.25) is 0 Å². The van der Waals surface area contributed by atoms with Gasteiger partial charge in [0.05, 0.1) is 17.7 Å².